The Labute approximate surface area is 80.7 Å². The number of nitrogen functional groups attached to an aromatic ring is 1. The van der Waals surface area contributed by atoms with Gasteiger partial charge in [-0.1, -0.05) is 0 Å². The highest BCUT2D eigenvalue weighted by Gasteiger charge is 2.21. The Morgan fingerprint density at radius 2 is 2.00 bits per heavy atom. The van der Waals surface area contributed by atoms with Gasteiger partial charge in [-0.05, 0) is 19.3 Å². The van der Waals surface area contributed by atoms with E-state index in [0.29, 0.717) is 0 Å². The molecule has 1 aliphatic carbocycles. The van der Waals surface area contributed by atoms with Crippen LogP contribution in [-0.2, 0) is 0 Å². The molecule has 1 aromatic rings. The quantitative estimate of drug-likeness (QED) is 0.742. The van der Waals surface area contributed by atoms with Crippen molar-refractivity contribution in [3.05, 3.63) is 23.8 Å². The Balaban J connectivity index is 2.22. The van der Waals surface area contributed by atoms with Crippen LogP contribution in [-0.4, -0.2) is 6.10 Å². The van der Waals surface area contributed by atoms with Gasteiger partial charge in [-0.3, -0.25) is 0 Å². The molecule has 76 valence electrons. The first-order chi connectivity index (χ1) is 6.66. The molecule has 0 heterocycles. The van der Waals surface area contributed by atoms with Crippen LogP contribution in [0.15, 0.2) is 12.1 Å². The van der Waals surface area contributed by atoms with E-state index in [0.717, 1.165) is 31.4 Å². The third kappa shape index (κ3) is 1.64. The molecule has 2 nitrogen and oxygen atoms in total. The third-order valence-electron chi connectivity index (χ3n) is 2.40. The topological polar surface area (TPSA) is 35.2 Å². The maximum Gasteiger partial charge on any atom is 0.152 e. The maximum absolute atomic E-state index is 13.0. The Hall–Kier alpha value is -1.32. The molecule has 1 aromatic carbocycles. The van der Waals surface area contributed by atoms with E-state index in [1.165, 1.54) is 0 Å². The van der Waals surface area contributed by atoms with Crippen molar-refractivity contribution in [3.8, 4) is 5.75 Å². The molecule has 0 aromatic heterocycles. The van der Waals surface area contributed by atoms with E-state index in [1.54, 1.807) is 0 Å². The normalized spacial score (nSPS) is 16.4. The van der Waals surface area contributed by atoms with Crippen LogP contribution in [0, 0.1) is 11.6 Å². The summed E-state index contributed by atoms with van der Waals surface area (Å²) in [6.07, 6.45) is 3.02. The summed E-state index contributed by atoms with van der Waals surface area (Å²) in [6, 6.07) is 1.87. The van der Waals surface area contributed by atoms with Crippen LogP contribution in [0.5, 0.6) is 5.75 Å². The van der Waals surface area contributed by atoms with E-state index < -0.39 is 11.6 Å². The Kier molecular flexibility index (Phi) is 2.27. The SMILES string of the molecule is Nc1c(F)cc(F)cc1OC1CCC1. The van der Waals surface area contributed by atoms with Gasteiger partial charge in [-0.2, -0.15) is 0 Å². The minimum atomic E-state index is -0.765. The van der Waals surface area contributed by atoms with E-state index in [4.69, 9.17) is 10.5 Å². The number of ether oxygens (including phenoxy) is 1. The molecule has 0 bridgehead atoms. The fourth-order valence-electron chi connectivity index (χ4n) is 1.33. The lowest BCUT2D eigenvalue weighted by Gasteiger charge is -2.27. The zero-order valence-electron chi connectivity index (χ0n) is 7.59. The van der Waals surface area contributed by atoms with Crippen molar-refractivity contribution in [3.63, 3.8) is 0 Å². The first kappa shape index (κ1) is 9.24. The summed E-state index contributed by atoms with van der Waals surface area (Å²) in [5, 5.41) is 0. The van der Waals surface area contributed by atoms with Gasteiger partial charge in [-0.25, -0.2) is 8.78 Å². The van der Waals surface area contributed by atoms with Crippen molar-refractivity contribution in [1.82, 2.24) is 0 Å². The number of hydrogen-bond donors (Lipinski definition) is 1. The average molecular weight is 199 g/mol. The molecule has 1 saturated carbocycles. The molecule has 0 unspecified atom stereocenters. The highest BCUT2D eigenvalue weighted by atomic mass is 19.1. The summed E-state index contributed by atoms with van der Waals surface area (Å²) < 4.78 is 31.1. The zero-order chi connectivity index (χ0) is 10.1. The summed E-state index contributed by atoms with van der Waals surface area (Å²) in [6.45, 7) is 0. The van der Waals surface area contributed by atoms with Crippen molar-refractivity contribution in [1.29, 1.82) is 0 Å². The monoisotopic (exact) mass is 199 g/mol. The predicted octanol–water partition coefficient (Wildman–Crippen LogP) is 2.48. The highest BCUT2D eigenvalue weighted by Crippen LogP contribution is 2.31. The number of hydrogen-bond acceptors (Lipinski definition) is 2. The Morgan fingerprint density at radius 1 is 1.29 bits per heavy atom. The van der Waals surface area contributed by atoms with Gasteiger partial charge >= 0.3 is 0 Å². The van der Waals surface area contributed by atoms with E-state index in [9.17, 15) is 8.78 Å². The molecule has 0 aliphatic heterocycles. The highest BCUT2D eigenvalue weighted by molar-refractivity contribution is 5.53. The van der Waals surface area contributed by atoms with Gasteiger partial charge in [0.2, 0.25) is 0 Å². The summed E-state index contributed by atoms with van der Waals surface area (Å²) in [7, 11) is 0. The van der Waals surface area contributed by atoms with E-state index in [1.807, 2.05) is 0 Å². The molecule has 0 spiro atoms. The van der Waals surface area contributed by atoms with Gasteiger partial charge in [0.05, 0.1) is 6.10 Å². The van der Waals surface area contributed by atoms with Gasteiger partial charge in [0.25, 0.3) is 0 Å². The van der Waals surface area contributed by atoms with Gasteiger partial charge < -0.3 is 10.5 Å². The second-order valence-electron chi connectivity index (χ2n) is 3.47. The van der Waals surface area contributed by atoms with Crippen LogP contribution in [0.1, 0.15) is 19.3 Å². The largest absolute Gasteiger partial charge is 0.488 e. The fraction of sp³-hybridized carbons (Fsp3) is 0.400. The number of anilines is 1. The first-order valence-corrected chi connectivity index (χ1v) is 4.58. The van der Waals surface area contributed by atoms with Crippen molar-refractivity contribution >= 4 is 5.69 Å². The van der Waals surface area contributed by atoms with Gasteiger partial charge in [0.15, 0.2) is 5.82 Å². The predicted molar refractivity (Wildman–Crippen MR) is 49.0 cm³/mol. The molecule has 4 heteroatoms. The maximum atomic E-state index is 13.0. The van der Waals surface area contributed by atoms with Crippen LogP contribution in [0.4, 0.5) is 14.5 Å². The number of nitrogens with two attached hydrogens (primary N) is 1. The lowest BCUT2D eigenvalue weighted by molar-refractivity contribution is 0.120. The van der Waals surface area contributed by atoms with Gasteiger partial charge in [-0.15, -0.1) is 0 Å². The Morgan fingerprint density at radius 3 is 2.57 bits per heavy atom. The molecule has 0 saturated heterocycles. The molecule has 2 N–H and O–H groups in total. The summed E-state index contributed by atoms with van der Waals surface area (Å²) in [5.74, 6) is -1.31. The van der Waals surface area contributed by atoms with Crippen molar-refractivity contribution in [2.24, 2.45) is 0 Å². The molecular weight excluding hydrogens is 188 g/mol. The molecule has 14 heavy (non-hydrogen) atoms. The molecule has 0 atom stereocenters. The molecule has 1 fully saturated rings. The van der Waals surface area contributed by atoms with Crippen LogP contribution < -0.4 is 10.5 Å². The van der Waals surface area contributed by atoms with Crippen LogP contribution in [0.3, 0.4) is 0 Å². The minimum absolute atomic E-state index is 0.0681. The fourth-order valence-corrected chi connectivity index (χ4v) is 1.33. The van der Waals surface area contributed by atoms with Crippen LogP contribution >= 0.6 is 0 Å². The van der Waals surface area contributed by atoms with Crippen molar-refractivity contribution in [2.75, 3.05) is 5.73 Å². The minimum Gasteiger partial charge on any atom is -0.488 e. The second kappa shape index (κ2) is 3.44. The lowest BCUT2D eigenvalue weighted by atomic mass is 9.96. The molecule has 0 amide bonds. The lowest BCUT2D eigenvalue weighted by Crippen LogP contribution is -2.25. The Bertz CT molecular complexity index is 350. The molecular formula is C10H11F2NO. The van der Waals surface area contributed by atoms with Gasteiger partial charge in [0, 0.05) is 12.1 Å². The first-order valence-electron chi connectivity index (χ1n) is 4.58. The molecule has 1 aliphatic rings. The number of halogens is 2. The van der Waals surface area contributed by atoms with Gasteiger partial charge in [0.1, 0.15) is 17.3 Å². The summed E-state index contributed by atoms with van der Waals surface area (Å²) in [4.78, 5) is 0. The van der Waals surface area contributed by atoms with Crippen molar-refractivity contribution < 1.29 is 13.5 Å². The third-order valence-corrected chi connectivity index (χ3v) is 2.40. The summed E-state index contributed by atoms with van der Waals surface area (Å²) >= 11 is 0. The summed E-state index contributed by atoms with van der Waals surface area (Å²) in [5.41, 5.74) is 5.30. The number of rotatable bonds is 2. The van der Waals surface area contributed by atoms with Crippen LogP contribution in [0.25, 0.3) is 0 Å². The zero-order valence-corrected chi connectivity index (χ0v) is 7.59. The molecule has 0 radical (unpaired) electrons. The van der Waals surface area contributed by atoms with Crippen LogP contribution in [0.2, 0.25) is 0 Å². The second-order valence-corrected chi connectivity index (χ2v) is 3.47. The average Bonchev–Trinajstić information content (AvgIpc) is 2.05. The smallest absolute Gasteiger partial charge is 0.152 e. The van der Waals surface area contributed by atoms with Crippen molar-refractivity contribution in [2.45, 2.75) is 25.4 Å². The molecule has 2 rings (SSSR count). The number of benzene rings is 1. The van der Waals surface area contributed by atoms with E-state index >= 15 is 0 Å². The van der Waals surface area contributed by atoms with E-state index in [-0.39, 0.29) is 17.5 Å². The standard InChI is InChI=1S/C10H11F2NO/c11-6-4-8(12)10(13)9(5-6)14-7-2-1-3-7/h4-5,7H,1-3,13H2. The van der Waals surface area contributed by atoms with E-state index in [2.05, 4.69) is 0 Å².